The number of furan rings is 1. The number of nitrogens with one attached hydrogen (secondary N) is 1. The molecule has 1 aliphatic rings. The molecule has 12 heavy (non-hydrogen) atoms. The van der Waals surface area contributed by atoms with E-state index >= 15 is 0 Å². The van der Waals surface area contributed by atoms with E-state index in [9.17, 15) is 4.79 Å². The lowest BCUT2D eigenvalue weighted by molar-refractivity contribution is -0.116. The summed E-state index contributed by atoms with van der Waals surface area (Å²) in [5.74, 6) is 0.0381. The van der Waals surface area contributed by atoms with E-state index < -0.39 is 0 Å². The zero-order valence-electron chi connectivity index (χ0n) is 6.54. The van der Waals surface area contributed by atoms with Crippen LogP contribution in [0.15, 0.2) is 28.6 Å². The van der Waals surface area contributed by atoms with Crippen LogP contribution in [-0.2, 0) is 4.79 Å². The number of hydrogen-bond acceptors (Lipinski definition) is 2. The summed E-state index contributed by atoms with van der Waals surface area (Å²) in [6.07, 6.45) is 5.88. The van der Waals surface area contributed by atoms with E-state index in [-0.39, 0.29) is 5.91 Å². The second kappa shape index (κ2) is 2.85. The molecular formula is C9H9NO2. The summed E-state index contributed by atoms with van der Waals surface area (Å²) in [5, 5.41) is 2.74. The first-order valence-electron chi connectivity index (χ1n) is 3.87. The molecule has 0 spiro atoms. The molecule has 2 rings (SSSR count). The summed E-state index contributed by atoms with van der Waals surface area (Å²) < 4.78 is 4.88. The Morgan fingerprint density at radius 2 is 2.50 bits per heavy atom. The molecule has 1 aromatic rings. The molecule has 2 heterocycles. The summed E-state index contributed by atoms with van der Waals surface area (Å²) >= 11 is 0. The Morgan fingerprint density at radius 1 is 1.58 bits per heavy atom. The van der Waals surface area contributed by atoms with Crippen molar-refractivity contribution in [2.45, 2.75) is 6.42 Å². The largest absolute Gasteiger partial charge is 0.472 e. The zero-order chi connectivity index (χ0) is 8.39. The van der Waals surface area contributed by atoms with Gasteiger partial charge in [-0.3, -0.25) is 4.79 Å². The molecular weight excluding hydrogens is 154 g/mol. The highest BCUT2D eigenvalue weighted by atomic mass is 16.3. The van der Waals surface area contributed by atoms with Crippen LogP contribution in [0.2, 0.25) is 0 Å². The molecule has 0 aromatic carbocycles. The lowest BCUT2D eigenvalue weighted by atomic mass is 10.1. The molecule has 0 saturated carbocycles. The number of hydrogen-bond donors (Lipinski definition) is 1. The Hall–Kier alpha value is -1.51. The molecule has 1 aromatic heterocycles. The number of carbonyl (C=O) groups is 1. The van der Waals surface area contributed by atoms with Crippen LogP contribution in [0.1, 0.15) is 12.0 Å². The third-order valence-corrected chi connectivity index (χ3v) is 1.86. The van der Waals surface area contributed by atoms with Gasteiger partial charge in [0.05, 0.1) is 12.5 Å². The summed E-state index contributed by atoms with van der Waals surface area (Å²) in [6, 6.07) is 1.83. The minimum absolute atomic E-state index is 0.0381. The van der Waals surface area contributed by atoms with Gasteiger partial charge in [0, 0.05) is 17.7 Å². The quantitative estimate of drug-likeness (QED) is 0.632. The van der Waals surface area contributed by atoms with Crippen LogP contribution in [0.4, 0.5) is 0 Å². The van der Waals surface area contributed by atoms with Gasteiger partial charge in [-0.1, -0.05) is 0 Å². The molecule has 0 atom stereocenters. The highest BCUT2D eigenvalue weighted by molar-refractivity contribution is 5.99. The predicted octanol–water partition coefficient (Wildman–Crippen LogP) is 1.18. The van der Waals surface area contributed by atoms with Crippen molar-refractivity contribution >= 4 is 12.0 Å². The molecule has 1 aliphatic heterocycles. The smallest absolute Gasteiger partial charge is 0.247 e. The second-order valence-electron chi connectivity index (χ2n) is 2.73. The minimum atomic E-state index is 0.0381. The molecule has 3 nitrogen and oxygen atoms in total. The van der Waals surface area contributed by atoms with Crippen LogP contribution >= 0.6 is 0 Å². The molecule has 1 fully saturated rings. The monoisotopic (exact) mass is 163 g/mol. The average Bonchev–Trinajstić information content (AvgIpc) is 2.65. The van der Waals surface area contributed by atoms with Gasteiger partial charge in [-0.25, -0.2) is 0 Å². The standard InChI is InChI=1S/C9H9NO2/c11-9-8(1-3-10-9)5-7-2-4-12-6-7/h2,4-6H,1,3H2,(H,10,11). The maximum atomic E-state index is 11.1. The number of carbonyl (C=O) groups excluding carboxylic acids is 1. The van der Waals surface area contributed by atoms with Gasteiger partial charge in [-0.2, -0.15) is 0 Å². The third-order valence-electron chi connectivity index (χ3n) is 1.86. The van der Waals surface area contributed by atoms with Crippen molar-refractivity contribution in [2.24, 2.45) is 0 Å². The van der Waals surface area contributed by atoms with Crippen molar-refractivity contribution in [3.63, 3.8) is 0 Å². The van der Waals surface area contributed by atoms with Crippen LogP contribution < -0.4 is 5.32 Å². The third kappa shape index (κ3) is 1.25. The van der Waals surface area contributed by atoms with Gasteiger partial charge < -0.3 is 9.73 Å². The lowest BCUT2D eigenvalue weighted by Crippen LogP contribution is -2.13. The van der Waals surface area contributed by atoms with Crippen LogP contribution in [0, 0.1) is 0 Å². The highest BCUT2D eigenvalue weighted by Gasteiger charge is 2.15. The van der Waals surface area contributed by atoms with Gasteiger partial charge in [0.1, 0.15) is 0 Å². The maximum absolute atomic E-state index is 11.1. The normalized spacial score (nSPS) is 20.0. The fourth-order valence-corrected chi connectivity index (χ4v) is 1.23. The van der Waals surface area contributed by atoms with E-state index in [1.54, 1.807) is 12.5 Å². The first kappa shape index (κ1) is 7.16. The molecule has 0 radical (unpaired) electrons. The first-order valence-corrected chi connectivity index (χ1v) is 3.87. The van der Waals surface area contributed by atoms with Crippen molar-refractivity contribution < 1.29 is 9.21 Å². The Balaban J connectivity index is 2.23. The average molecular weight is 163 g/mol. The topological polar surface area (TPSA) is 42.2 Å². The minimum Gasteiger partial charge on any atom is -0.472 e. The van der Waals surface area contributed by atoms with Crippen molar-refractivity contribution in [3.8, 4) is 0 Å². The van der Waals surface area contributed by atoms with Crippen LogP contribution in [0.3, 0.4) is 0 Å². The van der Waals surface area contributed by atoms with Gasteiger partial charge in [0.25, 0.3) is 0 Å². The summed E-state index contributed by atoms with van der Waals surface area (Å²) in [7, 11) is 0. The molecule has 0 aliphatic carbocycles. The highest BCUT2D eigenvalue weighted by Crippen LogP contribution is 2.13. The van der Waals surface area contributed by atoms with Crippen LogP contribution in [-0.4, -0.2) is 12.5 Å². The van der Waals surface area contributed by atoms with Gasteiger partial charge >= 0.3 is 0 Å². The lowest BCUT2D eigenvalue weighted by Gasteiger charge is -1.89. The zero-order valence-corrected chi connectivity index (χ0v) is 6.54. The fraction of sp³-hybridized carbons (Fsp3) is 0.222. The molecule has 0 unspecified atom stereocenters. The van der Waals surface area contributed by atoms with Crippen molar-refractivity contribution in [1.82, 2.24) is 5.32 Å². The van der Waals surface area contributed by atoms with Crippen molar-refractivity contribution in [3.05, 3.63) is 29.7 Å². The van der Waals surface area contributed by atoms with Crippen LogP contribution in [0.25, 0.3) is 6.08 Å². The number of rotatable bonds is 1. The fourth-order valence-electron chi connectivity index (χ4n) is 1.23. The molecule has 1 amide bonds. The molecule has 1 N–H and O–H groups in total. The maximum Gasteiger partial charge on any atom is 0.247 e. The summed E-state index contributed by atoms with van der Waals surface area (Å²) in [4.78, 5) is 11.1. The van der Waals surface area contributed by atoms with Gasteiger partial charge in [0.15, 0.2) is 0 Å². The van der Waals surface area contributed by atoms with Gasteiger partial charge in [-0.15, -0.1) is 0 Å². The van der Waals surface area contributed by atoms with E-state index in [2.05, 4.69) is 5.32 Å². The first-order chi connectivity index (χ1) is 5.86. The Kier molecular flexibility index (Phi) is 1.70. The van der Waals surface area contributed by atoms with E-state index in [4.69, 9.17) is 4.42 Å². The Morgan fingerprint density at radius 3 is 3.08 bits per heavy atom. The summed E-state index contributed by atoms with van der Waals surface area (Å²) in [6.45, 7) is 0.752. The van der Waals surface area contributed by atoms with Gasteiger partial charge in [-0.05, 0) is 18.6 Å². The SMILES string of the molecule is O=C1NCCC1=Cc1ccoc1. The Labute approximate surface area is 70.1 Å². The summed E-state index contributed by atoms with van der Waals surface area (Å²) in [5.41, 5.74) is 1.78. The molecule has 3 heteroatoms. The predicted molar refractivity (Wildman–Crippen MR) is 44.3 cm³/mol. The van der Waals surface area contributed by atoms with E-state index in [0.29, 0.717) is 0 Å². The van der Waals surface area contributed by atoms with E-state index in [1.807, 2.05) is 12.1 Å². The molecule has 0 bridgehead atoms. The van der Waals surface area contributed by atoms with E-state index in [1.165, 1.54) is 0 Å². The molecule has 1 saturated heterocycles. The van der Waals surface area contributed by atoms with Crippen molar-refractivity contribution in [1.29, 1.82) is 0 Å². The van der Waals surface area contributed by atoms with Gasteiger partial charge in [0.2, 0.25) is 5.91 Å². The van der Waals surface area contributed by atoms with Crippen molar-refractivity contribution in [2.75, 3.05) is 6.54 Å². The second-order valence-corrected chi connectivity index (χ2v) is 2.73. The molecule has 62 valence electrons. The van der Waals surface area contributed by atoms with Crippen LogP contribution in [0.5, 0.6) is 0 Å². The Bertz CT molecular complexity index is 311. The van der Waals surface area contributed by atoms with E-state index in [0.717, 1.165) is 24.1 Å². The number of amides is 1.